The average Bonchev–Trinajstić information content (AvgIpc) is 2.68. The Morgan fingerprint density at radius 3 is 2.40 bits per heavy atom. The van der Waals surface area contributed by atoms with Crippen LogP contribution >= 0.6 is 11.6 Å². The summed E-state index contributed by atoms with van der Waals surface area (Å²) in [5.74, 6) is -0.0785. The number of unbranched alkanes of at least 4 members (excludes halogenated alkanes) is 1. The lowest BCUT2D eigenvalue weighted by Gasteiger charge is -2.44. The molecule has 1 heterocycles. The van der Waals surface area contributed by atoms with E-state index in [-0.39, 0.29) is 11.7 Å². The van der Waals surface area contributed by atoms with Crippen molar-refractivity contribution in [3.05, 3.63) is 71.8 Å². The van der Waals surface area contributed by atoms with E-state index in [1.807, 2.05) is 48.5 Å². The van der Waals surface area contributed by atoms with Crippen molar-refractivity contribution in [2.24, 2.45) is 5.92 Å². The maximum atomic E-state index is 13.3. The molecule has 1 fully saturated rings. The number of carbonyl (C=O) groups is 1. The summed E-state index contributed by atoms with van der Waals surface area (Å²) in [5.41, 5.74) is 1.81. The Bertz CT molecular complexity index is 688. The lowest BCUT2D eigenvalue weighted by Crippen LogP contribution is -2.50. The van der Waals surface area contributed by atoms with Gasteiger partial charge in [0.1, 0.15) is 0 Å². The maximum absolute atomic E-state index is 13.3. The van der Waals surface area contributed by atoms with Crippen LogP contribution in [0.5, 0.6) is 0 Å². The van der Waals surface area contributed by atoms with Crippen molar-refractivity contribution in [1.82, 2.24) is 4.90 Å². The number of hydrogen-bond donors (Lipinski definition) is 0. The van der Waals surface area contributed by atoms with Gasteiger partial charge < -0.3 is 4.90 Å². The number of alkyl halides is 1. The van der Waals surface area contributed by atoms with Crippen molar-refractivity contribution in [1.29, 1.82) is 0 Å². The summed E-state index contributed by atoms with van der Waals surface area (Å²) in [6, 6.07) is 19.7. The first-order chi connectivity index (χ1) is 12.1. The molecule has 132 valence electrons. The van der Waals surface area contributed by atoms with Crippen molar-refractivity contribution in [2.45, 2.75) is 31.1 Å². The van der Waals surface area contributed by atoms with Gasteiger partial charge in [-0.15, -0.1) is 11.6 Å². The molecule has 0 N–H and O–H groups in total. The minimum atomic E-state index is -0.628. The van der Waals surface area contributed by atoms with Crippen LogP contribution in [0.25, 0.3) is 0 Å². The van der Waals surface area contributed by atoms with E-state index in [9.17, 15) is 4.79 Å². The van der Waals surface area contributed by atoms with Gasteiger partial charge in [0.2, 0.25) is 0 Å². The van der Waals surface area contributed by atoms with Crippen LogP contribution < -0.4 is 0 Å². The first-order valence-corrected chi connectivity index (χ1v) is 9.59. The van der Waals surface area contributed by atoms with Crippen LogP contribution in [0, 0.1) is 5.92 Å². The molecule has 3 heteroatoms. The summed E-state index contributed by atoms with van der Waals surface area (Å²) in [6.45, 7) is 4.91. The van der Waals surface area contributed by atoms with Crippen LogP contribution in [-0.2, 0) is 4.87 Å². The van der Waals surface area contributed by atoms with Crippen LogP contribution in [0.3, 0.4) is 0 Å². The lowest BCUT2D eigenvalue weighted by atomic mass is 9.75. The largest absolute Gasteiger partial charge is 0.302 e. The molecule has 2 unspecified atom stereocenters. The van der Waals surface area contributed by atoms with Gasteiger partial charge in [-0.2, -0.15) is 0 Å². The lowest BCUT2D eigenvalue weighted by molar-refractivity contribution is 0.0733. The maximum Gasteiger partial charge on any atom is 0.169 e. The number of piperidine rings is 1. The van der Waals surface area contributed by atoms with Gasteiger partial charge >= 0.3 is 0 Å². The summed E-state index contributed by atoms with van der Waals surface area (Å²) < 4.78 is 0. The van der Waals surface area contributed by atoms with Crippen molar-refractivity contribution in [3.8, 4) is 0 Å². The molecule has 1 aliphatic rings. The van der Waals surface area contributed by atoms with Gasteiger partial charge in [0.25, 0.3) is 0 Å². The monoisotopic (exact) mass is 355 g/mol. The van der Waals surface area contributed by atoms with E-state index in [1.54, 1.807) is 0 Å². The SMILES string of the molecule is CCCCN1CCC(Cl)(c2ccccc2)C(C(=O)c2ccccc2)C1. The molecule has 0 bridgehead atoms. The summed E-state index contributed by atoms with van der Waals surface area (Å²) in [4.78, 5) is 15.1. The molecule has 2 atom stereocenters. The Balaban J connectivity index is 1.92. The molecule has 2 aromatic rings. The van der Waals surface area contributed by atoms with E-state index in [1.165, 1.54) is 6.42 Å². The predicted molar refractivity (Wildman–Crippen MR) is 104 cm³/mol. The number of halogens is 1. The highest BCUT2D eigenvalue weighted by Gasteiger charge is 2.46. The number of nitrogens with zero attached hydrogens (tertiary/aromatic N) is 1. The molecule has 0 saturated carbocycles. The van der Waals surface area contributed by atoms with E-state index in [0.29, 0.717) is 0 Å². The van der Waals surface area contributed by atoms with Gasteiger partial charge in [0.15, 0.2) is 5.78 Å². The molecule has 0 amide bonds. The molecule has 0 aliphatic carbocycles. The summed E-state index contributed by atoms with van der Waals surface area (Å²) in [5, 5.41) is 0. The fourth-order valence-corrected chi connectivity index (χ4v) is 4.11. The standard InChI is InChI=1S/C22H26ClNO/c1-2-3-15-24-16-14-22(23,19-12-8-5-9-13-19)20(17-24)21(25)18-10-6-4-7-11-18/h4-13,20H,2-3,14-17H2,1H3. The van der Waals surface area contributed by atoms with Crippen LogP contribution in [-0.4, -0.2) is 30.3 Å². The zero-order valence-electron chi connectivity index (χ0n) is 14.8. The molecule has 0 aromatic heterocycles. The second-order valence-electron chi connectivity index (χ2n) is 6.92. The molecular weight excluding hydrogens is 330 g/mol. The molecule has 0 radical (unpaired) electrons. The fraction of sp³-hybridized carbons (Fsp3) is 0.409. The second kappa shape index (κ2) is 8.16. The Morgan fingerprint density at radius 2 is 1.76 bits per heavy atom. The quantitative estimate of drug-likeness (QED) is 0.529. The zero-order chi connectivity index (χ0) is 17.7. The van der Waals surface area contributed by atoms with Gasteiger partial charge in [-0.1, -0.05) is 74.0 Å². The Labute approximate surface area is 155 Å². The Morgan fingerprint density at radius 1 is 1.12 bits per heavy atom. The van der Waals surface area contributed by atoms with Crippen LogP contribution in [0.1, 0.15) is 42.1 Å². The van der Waals surface area contributed by atoms with Crippen LogP contribution in [0.2, 0.25) is 0 Å². The Kier molecular flexibility index (Phi) is 5.93. The summed E-state index contributed by atoms with van der Waals surface area (Å²) in [6.07, 6.45) is 3.12. The van der Waals surface area contributed by atoms with Gasteiger partial charge in [-0.3, -0.25) is 4.79 Å². The molecule has 3 rings (SSSR count). The van der Waals surface area contributed by atoms with E-state index in [2.05, 4.69) is 24.0 Å². The molecule has 0 spiro atoms. The number of likely N-dealkylation sites (tertiary alicyclic amines) is 1. The molecule has 1 aliphatic heterocycles. The minimum Gasteiger partial charge on any atom is -0.302 e. The van der Waals surface area contributed by atoms with E-state index >= 15 is 0 Å². The number of carbonyl (C=O) groups excluding carboxylic acids is 1. The topological polar surface area (TPSA) is 20.3 Å². The molecular formula is C22H26ClNO. The van der Waals surface area contributed by atoms with Crippen molar-refractivity contribution in [2.75, 3.05) is 19.6 Å². The predicted octanol–water partition coefficient (Wildman–Crippen LogP) is 5.13. The first kappa shape index (κ1) is 18.2. The highest BCUT2D eigenvalue weighted by molar-refractivity contribution is 6.26. The zero-order valence-corrected chi connectivity index (χ0v) is 15.6. The fourth-order valence-electron chi connectivity index (χ4n) is 3.73. The van der Waals surface area contributed by atoms with E-state index in [4.69, 9.17) is 11.6 Å². The summed E-state index contributed by atoms with van der Waals surface area (Å²) in [7, 11) is 0. The second-order valence-corrected chi connectivity index (χ2v) is 7.59. The van der Waals surface area contributed by atoms with Crippen molar-refractivity contribution < 1.29 is 4.79 Å². The summed E-state index contributed by atoms with van der Waals surface area (Å²) >= 11 is 7.16. The third-order valence-corrected chi connectivity index (χ3v) is 5.91. The highest BCUT2D eigenvalue weighted by Crippen LogP contribution is 2.45. The first-order valence-electron chi connectivity index (χ1n) is 9.21. The van der Waals surface area contributed by atoms with Crippen molar-refractivity contribution >= 4 is 17.4 Å². The normalized spacial score (nSPS) is 24.2. The molecule has 2 nitrogen and oxygen atoms in total. The number of ketones is 1. The van der Waals surface area contributed by atoms with Gasteiger partial charge in [-0.05, 0) is 24.9 Å². The van der Waals surface area contributed by atoms with Crippen LogP contribution in [0.15, 0.2) is 60.7 Å². The van der Waals surface area contributed by atoms with Gasteiger partial charge in [0, 0.05) is 18.7 Å². The van der Waals surface area contributed by atoms with Gasteiger partial charge in [-0.25, -0.2) is 0 Å². The molecule has 2 aromatic carbocycles. The third-order valence-electron chi connectivity index (χ3n) is 5.24. The van der Waals surface area contributed by atoms with E-state index in [0.717, 1.165) is 43.6 Å². The van der Waals surface area contributed by atoms with Gasteiger partial charge in [0.05, 0.1) is 10.8 Å². The molecule has 1 saturated heterocycles. The number of Topliss-reactive ketones (excluding diaryl/α,β-unsaturated/α-hetero) is 1. The number of benzene rings is 2. The smallest absolute Gasteiger partial charge is 0.169 e. The minimum absolute atomic E-state index is 0.153. The highest BCUT2D eigenvalue weighted by atomic mass is 35.5. The van der Waals surface area contributed by atoms with Crippen molar-refractivity contribution in [3.63, 3.8) is 0 Å². The number of rotatable bonds is 6. The van der Waals surface area contributed by atoms with Crippen LogP contribution in [0.4, 0.5) is 0 Å². The average molecular weight is 356 g/mol. The third kappa shape index (κ3) is 3.96. The van der Waals surface area contributed by atoms with E-state index < -0.39 is 4.87 Å². The molecule has 25 heavy (non-hydrogen) atoms. The Hall–Kier alpha value is -1.64. The number of hydrogen-bond acceptors (Lipinski definition) is 2.